The number of benzene rings is 1. The largest absolute Gasteiger partial charge is 0.493 e. The number of hydrogen-bond acceptors (Lipinski definition) is 8. The van der Waals surface area contributed by atoms with Crippen LogP contribution in [0.4, 0.5) is 0 Å². The Morgan fingerprint density at radius 3 is 2.43 bits per heavy atom. The van der Waals surface area contributed by atoms with Crippen LogP contribution >= 0.6 is 0 Å². The highest BCUT2D eigenvalue weighted by atomic mass is 16.5. The van der Waals surface area contributed by atoms with Gasteiger partial charge in [0.1, 0.15) is 12.1 Å². The van der Waals surface area contributed by atoms with E-state index in [0.717, 1.165) is 0 Å². The molecule has 28 heavy (non-hydrogen) atoms. The third-order valence-corrected chi connectivity index (χ3v) is 4.29. The van der Waals surface area contributed by atoms with Gasteiger partial charge in [-0.25, -0.2) is 15.0 Å². The first kappa shape index (κ1) is 18.0. The summed E-state index contributed by atoms with van der Waals surface area (Å²) >= 11 is 0. The van der Waals surface area contributed by atoms with E-state index >= 15 is 0 Å². The quantitative estimate of drug-likeness (QED) is 0.517. The average Bonchev–Trinajstić information content (AvgIpc) is 3.37. The number of ether oxygens (including phenoxy) is 4. The SMILES string of the molecule is CCOCc1nc2nc[nH]c2c2nc(-c3cc(OC)c(OC)c(OC)c3)nn12. The molecule has 0 fully saturated rings. The zero-order valence-electron chi connectivity index (χ0n) is 16.0. The van der Waals surface area contributed by atoms with Gasteiger partial charge in [-0.15, -0.1) is 5.10 Å². The fourth-order valence-electron chi connectivity index (χ4n) is 2.98. The second kappa shape index (κ2) is 7.31. The van der Waals surface area contributed by atoms with E-state index in [9.17, 15) is 0 Å². The monoisotopic (exact) mass is 384 g/mol. The van der Waals surface area contributed by atoms with E-state index in [1.165, 1.54) is 0 Å². The van der Waals surface area contributed by atoms with Gasteiger partial charge in [0.2, 0.25) is 5.75 Å². The molecular formula is C18H20N6O4. The molecule has 0 aliphatic rings. The van der Waals surface area contributed by atoms with Gasteiger partial charge in [0, 0.05) is 12.2 Å². The molecule has 10 nitrogen and oxygen atoms in total. The number of rotatable bonds is 7. The number of hydrogen-bond donors (Lipinski definition) is 1. The Bertz CT molecular complexity index is 1110. The molecular weight excluding hydrogens is 364 g/mol. The van der Waals surface area contributed by atoms with Crippen molar-refractivity contribution >= 4 is 16.8 Å². The minimum atomic E-state index is 0.299. The second-order valence-electron chi connectivity index (χ2n) is 5.85. The van der Waals surface area contributed by atoms with Crippen LogP contribution in [0.15, 0.2) is 18.5 Å². The van der Waals surface area contributed by atoms with E-state index in [1.54, 1.807) is 44.3 Å². The average molecular weight is 384 g/mol. The van der Waals surface area contributed by atoms with Gasteiger partial charge in [-0.05, 0) is 19.1 Å². The Labute approximate surface area is 160 Å². The molecule has 1 aromatic carbocycles. The van der Waals surface area contributed by atoms with Crippen molar-refractivity contribution in [2.24, 2.45) is 0 Å². The maximum Gasteiger partial charge on any atom is 0.203 e. The van der Waals surface area contributed by atoms with Crippen LogP contribution in [-0.2, 0) is 11.3 Å². The number of aromatic nitrogens is 6. The summed E-state index contributed by atoms with van der Waals surface area (Å²) in [6, 6.07) is 3.60. The predicted molar refractivity (Wildman–Crippen MR) is 101 cm³/mol. The van der Waals surface area contributed by atoms with E-state index in [0.29, 0.717) is 64.5 Å². The smallest absolute Gasteiger partial charge is 0.203 e. The van der Waals surface area contributed by atoms with Crippen molar-refractivity contribution in [3.8, 4) is 28.6 Å². The van der Waals surface area contributed by atoms with E-state index < -0.39 is 0 Å². The molecule has 3 heterocycles. The van der Waals surface area contributed by atoms with Crippen LogP contribution in [-0.4, -0.2) is 57.5 Å². The molecule has 0 bridgehead atoms. The van der Waals surface area contributed by atoms with Gasteiger partial charge in [0.05, 0.1) is 27.7 Å². The Morgan fingerprint density at radius 2 is 1.79 bits per heavy atom. The fraction of sp³-hybridized carbons (Fsp3) is 0.333. The molecule has 1 N–H and O–H groups in total. The molecule has 0 unspecified atom stereocenters. The molecule has 3 aromatic heterocycles. The maximum absolute atomic E-state index is 5.53. The van der Waals surface area contributed by atoms with Crippen LogP contribution in [0, 0.1) is 0 Å². The van der Waals surface area contributed by atoms with Crippen molar-refractivity contribution in [3.63, 3.8) is 0 Å². The molecule has 0 aliphatic heterocycles. The summed E-state index contributed by atoms with van der Waals surface area (Å²) in [7, 11) is 4.69. The number of H-pyrrole nitrogens is 1. The lowest BCUT2D eigenvalue weighted by Crippen LogP contribution is -2.06. The summed E-state index contributed by atoms with van der Waals surface area (Å²) in [6.45, 7) is 2.79. The van der Waals surface area contributed by atoms with E-state index in [4.69, 9.17) is 23.9 Å². The van der Waals surface area contributed by atoms with Crippen molar-refractivity contribution in [1.82, 2.24) is 29.5 Å². The summed E-state index contributed by atoms with van der Waals surface area (Å²) < 4.78 is 23.4. The topological polar surface area (TPSA) is 109 Å². The van der Waals surface area contributed by atoms with Crippen molar-refractivity contribution < 1.29 is 18.9 Å². The Kier molecular flexibility index (Phi) is 4.70. The number of methoxy groups -OCH3 is 3. The van der Waals surface area contributed by atoms with Crippen LogP contribution in [0.2, 0.25) is 0 Å². The first-order valence-corrected chi connectivity index (χ1v) is 8.67. The molecule has 0 spiro atoms. The van der Waals surface area contributed by atoms with Gasteiger partial charge in [0.15, 0.2) is 34.4 Å². The molecule has 0 saturated carbocycles. The summed E-state index contributed by atoms with van der Waals surface area (Å²) in [5, 5.41) is 4.64. The molecule has 0 atom stereocenters. The number of fused-ring (bicyclic) bond motifs is 3. The van der Waals surface area contributed by atoms with Gasteiger partial charge in [-0.3, -0.25) is 0 Å². The zero-order valence-corrected chi connectivity index (χ0v) is 16.0. The molecule has 4 aromatic rings. The maximum atomic E-state index is 5.53. The normalized spacial score (nSPS) is 11.3. The highest BCUT2D eigenvalue weighted by molar-refractivity contribution is 5.85. The van der Waals surface area contributed by atoms with Gasteiger partial charge in [-0.1, -0.05) is 0 Å². The standard InChI is InChI=1S/C18H20N6O4/c1-5-28-8-13-21-17-14(19-9-20-17)18-22-16(23-24(13)18)10-6-11(25-2)15(27-4)12(7-10)26-3/h6-7,9H,5,8H2,1-4H3,(H,19,20). The molecule has 0 radical (unpaired) electrons. The van der Waals surface area contributed by atoms with Gasteiger partial charge in [-0.2, -0.15) is 4.52 Å². The molecule has 10 heteroatoms. The third kappa shape index (κ3) is 2.87. The predicted octanol–water partition coefficient (Wildman–Crippen LogP) is 2.23. The van der Waals surface area contributed by atoms with Crippen LogP contribution < -0.4 is 14.2 Å². The minimum Gasteiger partial charge on any atom is -0.493 e. The molecule has 0 aliphatic carbocycles. The van der Waals surface area contributed by atoms with Crippen LogP contribution in [0.5, 0.6) is 17.2 Å². The summed E-state index contributed by atoms with van der Waals surface area (Å²) in [5.74, 6) is 2.65. The van der Waals surface area contributed by atoms with E-state index in [-0.39, 0.29) is 0 Å². The Morgan fingerprint density at radius 1 is 1.04 bits per heavy atom. The van der Waals surface area contributed by atoms with Crippen LogP contribution in [0.3, 0.4) is 0 Å². The van der Waals surface area contributed by atoms with E-state index in [2.05, 4.69) is 20.1 Å². The number of imidazole rings is 1. The van der Waals surface area contributed by atoms with Crippen LogP contribution in [0.25, 0.3) is 28.2 Å². The molecule has 146 valence electrons. The summed E-state index contributed by atoms with van der Waals surface area (Å²) in [4.78, 5) is 16.5. The number of nitrogens with zero attached hydrogens (tertiary/aromatic N) is 5. The van der Waals surface area contributed by atoms with Gasteiger partial charge >= 0.3 is 0 Å². The molecule has 0 saturated heterocycles. The van der Waals surface area contributed by atoms with Crippen molar-refractivity contribution in [2.75, 3.05) is 27.9 Å². The first-order chi connectivity index (χ1) is 13.7. The van der Waals surface area contributed by atoms with Crippen molar-refractivity contribution in [1.29, 1.82) is 0 Å². The highest BCUT2D eigenvalue weighted by Crippen LogP contribution is 2.40. The molecule has 0 amide bonds. The van der Waals surface area contributed by atoms with Gasteiger partial charge < -0.3 is 23.9 Å². The number of aromatic amines is 1. The summed E-state index contributed by atoms with van der Waals surface area (Å²) in [5.41, 5.74) is 2.59. The lowest BCUT2D eigenvalue weighted by atomic mass is 10.1. The second-order valence-corrected chi connectivity index (χ2v) is 5.85. The van der Waals surface area contributed by atoms with Crippen molar-refractivity contribution in [3.05, 3.63) is 24.3 Å². The fourth-order valence-corrected chi connectivity index (χ4v) is 2.98. The lowest BCUT2D eigenvalue weighted by molar-refractivity contribution is 0.127. The zero-order chi connectivity index (χ0) is 19.7. The van der Waals surface area contributed by atoms with Crippen LogP contribution in [0.1, 0.15) is 12.7 Å². The number of nitrogens with one attached hydrogen (secondary N) is 1. The first-order valence-electron chi connectivity index (χ1n) is 8.67. The third-order valence-electron chi connectivity index (χ3n) is 4.29. The van der Waals surface area contributed by atoms with E-state index in [1.807, 2.05) is 6.92 Å². The molecule has 4 rings (SSSR count). The minimum absolute atomic E-state index is 0.299. The Hall–Kier alpha value is -3.40. The van der Waals surface area contributed by atoms with Crippen molar-refractivity contribution in [2.45, 2.75) is 13.5 Å². The highest BCUT2D eigenvalue weighted by Gasteiger charge is 2.19. The Balaban J connectivity index is 1.92. The lowest BCUT2D eigenvalue weighted by Gasteiger charge is -2.12. The summed E-state index contributed by atoms with van der Waals surface area (Å²) in [6.07, 6.45) is 1.58. The van der Waals surface area contributed by atoms with Gasteiger partial charge in [0.25, 0.3) is 0 Å².